The highest BCUT2D eigenvalue weighted by Crippen LogP contribution is 2.35. The second-order valence-electron chi connectivity index (χ2n) is 4.50. The van der Waals surface area contributed by atoms with Crippen LogP contribution in [-0.4, -0.2) is 0 Å². The van der Waals surface area contributed by atoms with Gasteiger partial charge in [-0.3, -0.25) is 0 Å². The Morgan fingerprint density at radius 1 is 0.833 bits per heavy atom. The molecule has 0 aromatic heterocycles. The highest BCUT2D eigenvalue weighted by molar-refractivity contribution is 5.44. The molecule has 2 aromatic carbocycles. The fraction of sp³-hybridized carbons (Fsp3) is 0.125. The SMILES string of the molecule is CC1=CC(c2ccccc2)(c2ccccc2)NO1. The summed E-state index contributed by atoms with van der Waals surface area (Å²) in [5.41, 5.74) is 5.13. The molecule has 1 N–H and O–H groups in total. The summed E-state index contributed by atoms with van der Waals surface area (Å²) < 4.78 is 0. The van der Waals surface area contributed by atoms with Crippen molar-refractivity contribution in [3.63, 3.8) is 0 Å². The third-order valence-electron chi connectivity index (χ3n) is 3.25. The summed E-state index contributed by atoms with van der Waals surface area (Å²) in [6.45, 7) is 1.96. The molecule has 0 saturated heterocycles. The quantitative estimate of drug-likeness (QED) is 0.864. The van der Waals surface area contributed by atoms with Crippen LogP contribution in [0.2, 0.25) is 0 Å². The summed E-state index contributed by atoms with van der Waals surface area (Å²) in [6, 6.07) is 20.7. The Hall–Kier alpha value is -2.06. The normalized spacial score (nSPS) is 17.1. The molecule has 0 radical (unpaired) electrons. The van der Waals surface area contributed by atoms with Crippen LogP contribution in [0.3, 0.4) is 0 Å². The Labute approximate surface area is 107 Å². The number of hydroxylamine groups is 1. The highest BCUT2D eigenvalue weighted by Gasteiger charge is 2.37. The molecule has 1 aliphatic heterocycles. The zero-order valence-electron chi connectivity index (χ0n) is 10.3. The summed E-state index contributed by atoms with van der Waals surface area (Å²) in [6.07, 6.45) is 2.12. The average Bonchev–Trinajstić information content (AvgIpc) is 2.84. The van der Waals surface area contributed by atoms with E-state index in [1.54, 1.807) is 0 Å². The smallest absolute Gasteiger partial charge is 0.125 e. The lowest BCUT2D eigenvalue weighted by Crippen LogP contribution is -2.37. The van der Waals surface area contributed by atoms with Crippen molar-refractivity contribution in [2.45, 2.75) is 12.5 Å². The zero-order valence-corrected chi connectivity index (χ0v) is 10.3. The lowest BCUT2D eigenvalue weighted by Gasteiger charge is -2.27. The van der Waals surface area contributed by atoms with E-state index in [0.717, 1.165) is 5.76 Å². The first-order valence-corrected chi connectivity index (χ1v) is 6.06. The summed E-state index contributed by atoms with van der Waals surface area (Å²) in [5, 5.41) is 0. The largest absolute Gasteiger partial charge is 0.412 e. The molecule has 2 nitrogen and oxygen atoms in total. The van der Waals surface area contributed by atoms with Crippen molar-refractivity contribution in [1.29, 1.82) is 0 Å². The summed E-state index contributed by atoms with van der Waals surface area (Å²) in [4.78, 5) is 5.49. The van der Waals surface area contributed by atoms with Gasteiger partial charge in [0, 0.05) is 0 Å². The summed E-state index contributed by atoms with van der Waals surface area (Å²) in [5.74, 6) is 0.891. The first kappa shape index (κ1) is 11.1. The van der Waals surface area contributed by atoms with Crippen molar-refractivity contribution < 1.29 is 4.84 Å². The molecule has 90 valence electrons. The van der Waals surface area contributed by atoms with E-state index in [4.69, 9.17) is 4.84 Å². The highest BCUT2D eigenvalue weighted by atomic mass is 16.7. The number of rotatable bonds is 2. The van der Waals surface area contributed by atoms with Crippen LogP contribution in [0.4, 0.5) is 0 Å². The minimum atomic E-state index is -0.382. The van der Waals surface area contributed by atoms with E-state index < -0.39 is 0 Å². The maximum Gasteiger partial charge on any atom is 0.125 e. The van der Waals surface area contributed by atoms with Crippen molar-refractivity contribution in [3.05, 3.63) is 83.6 Å². The molecule has 0 fully saturated rings. The van der Waals surface area contributed by atoms with Gasteiger partial charge in [0.1, 0.15) is 11.3 Å². The second kappa shape index (κ2) is 4.31. The molecule has 2 aromatic rings. The maximum absolute atomic E-state index is 5.49. The Bertz CT molecular complexity index is 521. The Morgan fingerprint density at radius 2 is 1.33 bits per heavy atom. The zero-order chi connectivity index (χ0) is 12.4. The van der Waals surface area contributed by atoms with Crippen LogP contribution >= 0.6 is 0 Å². The molecule has 0 bridgehead atoms. The van der Waals surface area contributed by atoms with Crippen LogP contribution in [0.5, 0.6) is 0 Å². The molecule has 3 rings (SSSR count). The van der Waals surface area contributed by atoms with Gasteiger partial charge in [0.15, 0.2) is 0 Å². The monoisotopic (exact) mass is 237 g/mol. The van der Waals surface area contributed by atoms with E-state index in [1.165, 1.54) is 11.1 Å². The van der Waals surface area contributed by atoms with E-state index in [1.807, 2.05) is 43.3 Å². The number of nitrogens with one attached hydrogen (secondary N) is 1. The summed E-state index contributed by atoms with van der Waals surface area (Å²) in [7, 11) is 0. The lowest BCUT2D eigenvalue weighted by molar-refractivity contribution is 0.0927. The summed E-state index contributed by atoms with van der Waals surface area (Å²) >= 11 is 0. The minimum Gasteiger partial charge on any atom is -0.412 e. The van der Waals surface area contributed by atoms with Crippen LogP contribution < -0.4 is 5.48 Å². The third-order valence-corrected chi connectivity index (χ3v) is 3.25. The molecular formula is C16H15NO. The van der Waals surface area contributed by atoms with Crippen LogP contribution in [0.15, 0.2) is 72.5 Å². The third kappa shape index (κ3) is 1.71. The van der Waals surface area contributed by atoms with Crippen molar-refractivity contribution >= 4 is 0 Å². The van der Waals surface area contributed by atoms with Gasteiger partial charge in [-0.2, -0.15) is 0 Å². The van der Waals surface area contributed by atoms with Crippen molar-refractivity contribution in [1.82, 2.24) is 5.48 Å². The molecule has 18 heavy (non-hydrogen) atoms. The van der Waals surface area contributed by atoms with Gasteiger partial charge >= 0.3 is 0 Å². The van der Waals surface area contributed by atoms with Gasteiger partial charge in [0.05, 0.1) is 0 Å². The average molecular weight is 237 g/mol. The number of benzene rings is 2. The van der Waals surface area contributed by atoms with E-state index in [2.05, 4.69) is 35.8 Å². The number of hydrogen-bond acceptors (Lipinski definition) is 2. The topological polar surface area (TPSA) is 21.3 Å². The predicted molar refractivity (Wildman–Crippen MR) is 71.6 cm³/mol. The molecule has 0 aliphatic carbocycles. The van der Waals surface area contributed by atoms with Crippen LogP contribution in [0, 0.1) is 0 Å². The molecule has 0 unspecified atom stereocenters. The van der Waals surface area contributed by atoms with E-state index in [9.17, 15) is 0 Å². The first-order chi connectivity index (χ1) is 8.81. The van der Waals surface area contributed by atoms with Crippen LogP contribution in [-0.2, 0) is 10.4 Å². The Balaban J connectivity index is 2.18. The van der Waals surface area contributed by atoms with Gasteiger partial charge in [-0.15, -0.1) is 5.48 Å². The molecule has 0 atom stereocenters. The molecule has 1 aliphatic rings. The van der Waals surface area contributed by atoms with Gasteiger partial charge < -0.3 is 4.84 Å². The standard InChI is InChI=1S/C16H15NO/c1-13-12-16(17-18-13,14-8-4-2-5-9-14)15-10-6-3-7-11-15/h2-12,17H,1H3. The Kier molecular flexibility index (Phi) is 2.65. The Morgan fingerprint density at radius 3 is 1.72 bits per heavy atom. The molecule has 1 heterocycles. The van der Waals surface area contributed by atoms with Gasteiger partial charge in [0.2, 0.25) is 0 Å². The first-order valence-electron chi connectivity index (χ1n) is 6.06. The maximum atomic E-state index is 5.49. The molecule has 0 saturated carbocycles. The molecular weight excluding hydrogens is 222 g/mol. The fourth-order valence-corrected chi connectivity index (χ4v) is 2.38. The number of hydrogen-bond donors (Lipinski definition) is 1. The number of allylic oxidation sites excluding steroid dienone is 1. The van der Waals surface area contributed by atoms with Gasteiger partial charge in [-0.25, -0.2) is 0 Å². The molecule has 2 heteroatoms. The van der Waals surface area contributed by atoms with E-state index >= 15 is 0 Å². The van der Waals surface area contributed by atoms with Crippen LogP contribution in [0.1, 0.15) is 18.1 Å². The minimum absolute atomic E-state index is 0.382. The van der Waals surface area contributed by atoms with Crippen molar-refractivity contribution in [3.8, 4) is 0 Å². The van der Waals surface area contributed by atoms with Gasteiger partial charge in [-0.05, 0) is 24.1 Å². The lowest BCUT2D eigenvalue weighted by atomic mass is 9.83. The van der Waals surface area contributed by atoms with Crippen molar-refractivity contribution in [2.75, 3.05) is 0 Å². The van der Waals surface area contributed by atoms with Gasteiger partial charge in [-0.1, -0.05) is 60.7 Å². The van der Waals surface area contributed by atoms with Gasteiger partial charge in [0.25, 0.3) is 0 Å². The van der Waals surface area contributed by atoms with Crippen molar-refractivity contribution in [2.24, 2.45) is 0 Å². The van der Waals surface area contributed by atoms with Crippen LogP contribution in [0.25, 0.3) is 0 Å². The van der Waals surface area contributed by atoms with E-state index in [-0.39, 0.29) is 5.54 Å². The second-order valence-corrected chi connectivity index (χ2v) is 4.50. The molecule has 0 amide bonds. The molecule has 0 spiro atoms. The fourth-order valence-electron chi connectivity index (χ4n) is 2.38. The predicted octanol–water partition coefficient (Wildman–Crippen LogP) is 3.37. The van der Waals surface area contributed by atoms with E-state index in [0.29, 0.717) is 0 Å².